The summed E-state index contributed by atoms with van der Waals surface area (Å²) in [5.41, 5.74) is 0.916. The van der Waals surface area contributed by atoms with Gasteiger partial charge in [0.05, 0.1) is 13.2 Å². The molecule has 1 aliphatic rings. The van der Waals surface area contributed by atoms with Gasteiger partial charge in [-0.2, -0.15) is 0 Å². The van der Waals surface area contributed by atoms with Crippen LogP contribution in [0.4, 0.5) is 5.95 Å². The number of methoxy groups -OCH3 is 1. The first-order chi connectivity index (χ1) is 11.3. The normalized spacial score (nSPS) is 17.0. The van der Waals surface area contributed by atoms with E-state index in [0.717, 1.165) is 43.4 Å². The largest absolute Gasteiger partial charge is 0.497 e. The number of nitrogens with zero attached hydrogens (tertiary/aromatic N) is 4. The fourth-order valence-electron chi connectivity index (χ4n) is 2.76. The molecule has 1 fully saturated rings. The van der Waals surface area contributed by atoms with Crippen molar-refractivity contribution in [3.8, 4) is 5.75 Å². The average molecular weight is 314 g/mol. The SMILES string of the molecule is COc1ccc(C(O)CN2CCN(c3ncccn3)CC2)cc1. The molecular formula is C17H22N4O2. The number of anilines is 1. The molecule has 122 valence electrons. The highest BCUT2D eigenvalue weighted by Gasteiger charge is 2.21. The second-order valence-corrected chi connectivity index (χ2v) is 5.63. The summed E-state index contributed by atoms with van der Waals surface area (Å²) < 4.78 is 5.14. The number of benzene rings is 1. The van der Waals surface area contributed by atoms with E-state index in [-0.39, 0.29) is 0 Å². The van der Waals surface area contributed by atoms with Gasteiger partial charge in [0.2, 0.25) is 5.95 Å². The predicted molar refractivity (Wildman–Crippen MR) is 88.6 cm³/mol. The number of rotatable bonds is 5. The molecule has 2 aromatic rings. The van der Waals surface area contributed by atoms with Crippen LogP contribution in [0.3, 0.4) is 0 Å². The second kappa shape index (κ2) is 7.39. The van der Waals surface area contributed by atoms with E-state index < -0.39 is 6.10 Å². The fraction of sp³-hybridized carbons (Fsp3) is 0.412. The number of hydrogen-bond donors (Lipinski definition) is 1. The van der Waals surface area contributed by atoms with Gasteiger partial charge >= 0.3 is 0 Å². The molecule has 0 amide bonds. The van der Waals surface area contributed by atoms with Crippen LogP contribution in [0, 0.1) is 0 Å². The smallest absolute Gasteiger partial charge is 0.225 e. The van der Waals surface area contributed by atoms with Crippen LogP contribution in [0.25, 0.3) is 0 Å². The lowest BCUT2D eigenvalue weighted by Gasteiger charge is -2.35. The summed E-state index contributed by atoms with van der Waals surface area (Å²) in [6.07, 6.45) is 3.05. The van der Waals surface area contributed by atoms with Gasteiger partial charge in [0.1, 0.15) is 5.75 Å². The molecule has 1 aliphatic heterocycles. The summed E-state index contributed by atoms with van der Waals surface area (Å²) in [5.74, 6) is 1.58. The Morgan fingerprint density at radius 2 is 1.74 bits per heavy atom. The maximum absolute atomic E-state index is 10.4. The minimum absolute atomic E-state index is 0.486. The van der Waals surface area contributed by atoms with Gasteiger partial charge in [-0.05, 0) is 23.8 Å². The van der Waals surface area contributed by atoms with Gasteiger partial charge in [0.15, 0.2) is 0 Å². The number of ether oxygens (including phenoxy) is 1. The Morgan fingerprint density at radius 3 is 2.35 bits per heavy atom. The van der Waals surface area contributed by atoms with Crippen molar-refractivity contribution >= 4 is 5.95 Å². The predicted octanol–water partition coefficient (Wildman–Crippen LogP) is 1.34. The van der Waals surface area contributed by atoms with Gasteiger partial charge in [-0.1, -0.05) is 12.1 Å². The van der Waals surface area contributed by atoms with Crippen molar-refractivity contribution in [3.63, 3.8) is 0 Å². The Hall–Kier alpha value is -2.18. The molecule has 1 saturated heterocycles. The lowest BCUT2D eigenvalue weighted by Crippen LogP contribution is -2.48. The lowest BCUT2D eigenvalue weighted by molar-refractivity contribution is 0.109. The van der Waals surface area contributed by atoms with Crippen molar-refractivity contribution in [3.05, 3.63) is 48.3 Å². The Labute approximate surface area is 136 Å². The van der Waals surface area contributed by atoms with Gasteiger partial charge in [0.25, 0.3) is 0 Å². The lowest BCUT2D eigenvalue weighted by atomic mass is 10.1. The Balaban J connectivity index is 1.51. The molecule has 0 aliphatic carbocycles. The van der Waals surface area contributed by atoms with Crippen LogP contribution < -0.4 is 9.64 Å². The van der Waals surface area contributed by atoms with Gasteiger partial charge in [-0.25, -0.2) is 9.97 Å². The zero-order valence-corrected chi connectivity index (χ0v) is 13.3. The quantitative estimate of drug-likeness (QED) is 0.899. The second-order valence-electron chi connectivity index (χ2n) is 5.63. The molecule has 0 spiro atoms. The molecule has 0 radical (unpaired) electrons. The number of piperazine rings is 1. The summed E-state index contributed by atoms with van der Waals surface area (Å²) in [5, 5.41) is 10.4. The average Bonchev–Trinajstić information content (AvgIpc) is 2.63. The van der Waals surface area contributed by atoms with Gasteiger partial charge in [-0.3, -0.25) is 4.90 Å². The van der Waals surface area contributed by atoms with Crippen LogP contribution in [0.15, 0.2) is 42.7 Å². The third-order valence-corrected chi connectivity index (χ3v) is 4.14. The van der Waals surface area contributed by atoms with Gasteiger partial charge < -0.3 is 14.7 Å². The van der Waals surface area contributed by atoms with Crippen molar-refractivity contribution in [2.24, 2.45) is 0 Å². The molecule has 1 unspecified atom stereocenters. The molecule has 1 aromatic carbocycles. The highest BCUT2D eigenvalue weighted by Crippen LogP contribution is 2.19. The third-order valence-electron chi connectivity index (χ3n) is 4.14. The Morgan fingerprint density at radius 1 is 1.09 bits per heavy atom. The molecule has 0 saturated carbocycles. The van der Waals surface area contributed by atoms with E-state index in [2.05, 4.69) is 19.8 Å². The minimum Gasteiger partial charge on any atom is -0.497 e. The van der Waals surface area contributed by atoms with Crippen LogP contribution in [-0.2, 0) is 0 Å². The molecular weight excluding hydrogens is 292 g/mol. The minimum atomic E-state index is -0.486. The van der Waals surface area contributed by atoms with E-state index in [4.69, 9.17) is 4.74 Å². The summed E-state index contributed by atoms with van der Waals surface area (Å²) >= 11 is 0. The van der Waals surface area contributed by atoms with E-state index in [1.54, 1.807) is 19.5 Å². The van der Waals surface area contributed by atoms with Crippen LogP contribution >= 0.6 is 0 Å². The highest BCUT2D eigenvalue weighted by molar-refractivity contribution is 5.30. The highest BCUT2D eigenvalue weighted by atomic mass is 16.5. The van der Waals surface area contributed by atoms with E-state index in [9.17, 15) is 5.11 Å². The molecule has 1 atom stereocenters. The van der Waals surface area contributed by atoms with E-state index >= 15 is 0 Å². The topological polar surface area (TPSA) is 61.7 Å². The monoisotopic (exact) mass is 314 g/mol. The van der Waals surface area contributed by atoms with Crippen LogP contribution in [0.2, 0.25) is 0 Å². The van der Waals surface area contributed by atoms with Crippen LogP contribution in [0.5, 0.6) is 5.75 Å². The van der Waals surface area contributed by atoms with Crippen molar-refractivity contribution in [2.75, 3.05) is 44.7 Å². The number of β-amino-alcohol motifs (C(OH)–C–C–N with tert-alkyl or cyclic N) is 1. The summed E-state index contributed by atoms with van der Waals surface area (Å²) in [7, 11) is 1.64. The first-order valence-electron chi connectivity index (χ1n) is 7.82. The number of aromatic nitrogens is 2. The number of aliphatic hydroxyl groups is 1. The standard InChI is InChI=1S/C17H22N4O2/c1-23-15-5-3-14(4-6-15)16(22)13-20-9-11-21(12-10-20)17-18-7-2-8-19-17/h2-8,16,22H,9-13H2,1H3. The molecule has 3 rings (SSSR count). The Kier molecular flexibility index (Phi) is 5.05. The van der Waals surface area contributed by atoms with E-state index in [1.807, 2.05) is 30.3 Å². The first kappa shape index (κ1) is 15.7. The first-order valence-corrected chi connectivity index (χ1v) is 7.82. The maximum atomic E-state index is 10.4. The van der Waals surface area contributed by atoms with Crippen molar-refractivity contribution in [2.45, 2.75) is 6.10 Å². The third kappa shape index (κ3) is 3.97. The Bertz CT molecular complexity index is 598. The zero-order chi connectivity index (χ0) is 16.1. The van der Waals surface area contributed by atoms with Gasteiger partial charge in [-0.15, -0.1) is 0 Å². The van der Waals surface area contributed by atoms with Gasteiger partial charge in [0, 0.05) is 45.1 Å². The maximum Gasteiger partial charge on any atom is 0.225 e. The van der Waals surface area contributed by atoms with Crippen molar-refractivity contribution in [1.82, 2.24) is 14.9 Å². The molecule has 1 N–H and O–H groups in total. The van der Waals surface area contributed by atoms with Crippen LogP contribution in [-0.4, -0.2) is 59.8 Å². The summed E-state index contributed by atoms with van der Waals surface area (Å²) in [6.45, 7) is 4.17. The zero-order valence-electron chi connectivity index (χ0n) is 13.3. The number of hydrogen-bond acceptors (Lipinski definition) is 6. The molecule has 23 heavy (non-hydrogen) atoms. The molecule has 0 bridgehead atoms. The molecule has 6 nitrogen and oxygen atoms in total. The molecule has 6 heteroatoms. The van der Waals surface area contributed by atoms with E-state index in [1.165, 1.54) is 0 Å². The fourth-order valence-corrected chi connectivity index (χ4v) is 2.76. The summed E-state index contributed by atoms with van der Waals surface area (Å²) in [6, 6.07) is 9.41. The molecule has 2 heterocycles. The van der Waals surface area contributed by atoms with Crippen molar-refractivity contribution in [1.29, 1.82) is 0 Å². The number of aliphatic hydroxyl groups excluding tert-OH is 1. The van der Waals surface area contributed by atoms with Crippen LogP contribution in [0.1, 0.15) is 11.7 Å². The van der Waals surface area contributed by atoms with E-state index in [0.29, 0.717) is 6.54 Å². The van der Waals surface area contributed by atoms with Crippen molar-refractivity contribution < 1.29 is 9.84 Å². The molecule has 1 aromatic heterocycles. The summed E-state index contributed by atoms with van der Waals surface area (Å²) in [4.78, 5) is 13.0.